The molecule has 4 heteroatoms. The third kappa shape index (κ3) is 4.03. The second-order valence-electron chi connectivity index (χ2n) is 5.74. The van der Waals surface area contributed by atoms with Crippen molar-refractivity contribution in [2.24, 2.45) is 4.99 Å². The van der Waals surface area contributed by atoms with E-state index >= 15 is 0 Å². The first-order valence-corrected chi connectivity index (χ1v) is 9.15. The Hall–Kier alpha value is -2.43. The van der Waals surface area contributed by atoms with Crippen LogP contribution in [-0.2, 0) is 6.54 Å². The van der Waals surface area contributed by atoms with Gasteiger partial charge in [-0.3, -0.25) is 9.56 Å². The molecule has 3 aromatic carbocycles. The summed E-state index contributed by atoms with van der Waals surface area (Å²) in [5, 5.41) is 2.19. The second-order valence-corrected chi connectivity index (χ2v) is 6.58. The molecule has 0 bridgehead atoms. The van der Waals surface area contributed by atoms with Gasteiger partial charge < -0.3 is 17.0 Å². The standard InChI is InChI=1S/C22H18N2S.BrH/c1-4-10-18(11-5-1)16-23-22-24(20-14-8-3-9-15-20)21(17-25-22)19-12-6-2-7-13-19;/h1-15,17H,16H2;1H/p-1. The average molecular weight is 422 g/mol. The van der Waals surface area contributed by atoms with E-state index in [0.717, 1.165) is 10.5 Å². The van der Waals surface area contributed by atoms with Crippen molar-refractivity contribution in [3.05, 3.63) is 107 Å². The SMILES string of the molecule is [Br-].c1ccc(CN=c2scc(-c3ccccc3)n2-c2ccccc2)cc1. The van der Waals surface area contributed by atoms with Crippen LogP contribution in [0.25, 0.3) is 16.9 Å². The molecule has 1 aromatic heterocycles. The first kappa shape index (κ1) is 18.4. The van der Waals surface area contributed by atoms with Crippen molar-refractivity contribution in [3.63, 3.8) is 0 Å². The summed E-state index contributed by atoms with van der Waals surface area (Å²) in [6.07, 6.45) is 0. The molecule has 0 radical (unpaired) electrons. The van der Waals surface area contributed by atoms with Crippen molar-refractivity contribution in [2.75, 3.05) is 0 Å². The van der Waals surface area contributed by atoms with Crippen LogP contribution in [-0.4, -0.2) is 4.57 Å². The molecular weight excluding hydrogens is 404 g/mol. The van der Waals surface area contributed by atoms with Gasteiger partial charge in [0.05, 0.1) is 12.2 Å². The number of hydrogen-bond donors (Lipinski definition) is 0. The highest BCUT2D eigenvalue weighted by atomic mass is 79.9. The Bertz CT molecular complexity index is 1010. The van der Waals surface area contributed by atoms with Gasteiger partial charge in [0.25, 0.3) is 0 Å². The molecule has 0 N–H and O–H groups in total. The summed E-state index contributed by atoms with van der Waals surface area (Å²) in [6.45, 7) is 0.683. The van der Waals surface area contributed by atoms with Gasteiger partial charge in [0.15, 0.2) is 4.80 Å². The predicted molar refractivity (Wildman–Crippen MR) is 105 cm³/mol. The van der Waals surface area contributed by atoms with Crippen LogP contribution in [0.3, 0.4) is 0 Å². The number of halogens is 1. The Morgan fingerprint density at radius 1 is 0.731 bits per heavy atom. The highest BCUT2D eigenvalue weighted by molar-refractivity contribution is 7.07. The minimum absolute atomic E-state index is 0. The highest BCUT2D eigenvalue weighted by Crippen LogP contribution is 2.23. The maximum Gasteiger partial charge on any atom is 0.190 e. The molecule has 4 rings (SSSR count). The molecule has 1 heterocycles. The van der Waals surface area contributed by atoms with Gasteiger partial charge in [0, 0.05) is 11.1 Å². The summed E-state index contributed by atoms with van der Waals surface area (Å²) in [6, 6.07) is 31.3. The molecule has 130 valence electrons. The van der Waals surface area contributed by atoms with E-state index in [1.54, 1.807) is 11.3 Å². The molecular formula is C22H18BrN2S-. The third-order valence-electron chi connectivity index (χ3n) is 4.03. The van der Waals surface area contributed by atoms with E-state index in [2.05, 4.69) is 82.7 Å². The number of para-hydroxylation sites is 1. The number of rotatable bonds is 4. The molecule has 2 nitrogen and oxygen atoms in total. The second kappa shape index (κ2) is 8.79. The fourth-order valence-electron chi connectivity index (χ4n) is 2.80. The third-order valence-corrected chi connectivity index (χ3v) is 4.90. The molecule has 0 fully saturated rings. The van der Waals surface area contributed by atoms with Crippen LogP contribution in [0.1, 0.15) is 5.56 Å². The van der Waals surface area contributed by atoms with Gasteiger partial charge in [-0.25, -0.2) is 0 Å². The zero-order chi connectivity index (χ0) is 16.9. The van der Waals surface area contributed by atoms with Crippen LogP contribution < -0.4 is 21.8 Å². The summed E-state index contributed by atoms with van der Waals surface area (Å²) >= 11 is 1.68. The van der Waals surface area contributed by atoms with Crippen molar-refractivity contribution in [2.45, 2.75) is 6.54 Å². The molecule has 4 aromatic rings. The van der Waals surface area contributed by atoms with Gasteiger partial charge in [0.2, 0.25) is 0 Å². The molecule has 0 atom stereocenters. The molecule has 0 aliphatic rings. The number of thiazole rings is 1. The van der Waals surface area contributed by atoms with Gasteiger partial charge in [0.1, 0.15) is 0 Å². The van der Waals surface area contributed by atoms with Gasteiger partial charge >= 0.3 is 0 Å². The number of nitrogens with zero attached hydrogens (tertiary/aromatic N) is 2. The molecule has 0 saturated heterocycles. The largest absolute Gasteiger partial charge is 1.00 e. The van der Waals surface area contributed by atoms with Gasteiger partial charge in [-0.2, -0.15) is 0 Å². The van der Waals surface area contributed by atoms with Gasteiger partial charge in [-0.15, -0.1) is 11.3 Å². The number of benzene rings is 3. The molecule has 0 saturated carbocycles. The average Bonchev–Trinajstić information content (AvgIpc) is 3.12. The van der Waals surface area contributed by atoms with Gasteiger partial charge in [-0.05, 0) is 23.3 Å². The first-order valence-electron chi connectivity index (χ1n) is 8.27. The fraction of sp³-hybridized carbons (Fsp3) is 0.0455. The first-order chi connectivity index (χ1) is 12.4. The maximum atomic E-state index is 4.88. The molecule has 0 aliphatic carbocycles. The summed E-state index contributed by atoms with van der Waals surface area (Å²) < 4.78 is 2.24. The lowest BCUT2D eigenvalue weighted by Crippen LogP contribution is -3.00. The minimum atomic E-state index is 0. The predicted octanol–water partition coefficient (Wildman–Crippen LogP) is 2.31. The van der Waals surface area contributed by atoms with Crippen molar-refractivity contribution in [1.29, 1.82) is 0 Å². The monoisotopic (exact) mass is 421 g/mol. The van der Waals surface area contributed by atoms with E-state index in [1.807, 2.05) is 18.2 Å². The van der Waals surface area contributed by atoms with Crippen molar-refractivity contribution in [3.8, 4) is 16.9 Å². The summed E-state index contributed by atoms with van der Waals surface area (Å²) in [5.41, 5.74) is 4.72. The van der Waals surface area contributed by atoms with E-state index in [0.29, 0.717) is 6.54 Å². The smallest absolute Gasteiger partial charge is 0.190 e. The highest BCUT2D eigenvalue weighted by Gasteiger charge is 2.09. The lowest BCUT2D eigenvalue weighted by Gasteiger charge is -2.09. The molecule has 0 aliphatic heterocycles. The van der Waals surface area contributed by atoms with E-state index in [4.69, 9.17) is 4.99 Å². The number of aromatic nitrogens is 1. The van der Waals surface area contributed by atoms with E-state index < -0.39 is 0 Å². The van der Waals surface area contributed by atoms with Crippen LogP contribution in [0.15, 0.2) is 101 Å². The van der Waals surface area contributed by atoms with Crippen molar-refractivity contribution >= 4 is 11.3 Å². The lowest BCUT2D eigenvalue weighted by molar-refractivity contribution is -0.00000487. The van der Waals surface area contributed by atoms with Crippen molar-refractivity contribution < 1.29 is 17.0 Å². The molecule has 0 spiro atoms. The summed E-state index contributed by atoms with van der Waals surface area (Å²) in [4.78, 5) is 5.89. The lowest BCUT2D eigenvalue weighted by atomic mass is 10.1. The van der Waals surface area contributed by atoms with E-state index in [-0.39, 0.29) is 17.0 Å². The molecule has 0 amide bonds. The van der Waals surface area contributed by atoms with Crippen LogP contribution in [0.5, 0.6) is 0 Å². The van der Waals surface area contributed by atoms with Crippen LogP contribution >= 0.6 is 11.3 Å². The van der Waals surface area contributed by atoms with Crippen LogP contribution in [0.4, 0.5) is 0 Å². The Labute approximate surface area is 167 Å². The van der Waals surface area contributed by atoms with Gasteiger partial charge in [-0.1, -0.05) is 78.9 Å². The number of hydrogen-bond acceptors (Lipinski definition) is 2. The Balaban J connectivity index is 0.00000196. The topological polar surface area (TPSA) is 17.3 Å². The Morgan fingerprint density at radius 3 is 1.96 bits per heavy atom. The molecule has 26 heavy (non-hydrogen) atoms. The fourth-order valence-corrected chi connectivity index (χ4v) is 3.71. The Morgan fingerprint density at radius 2 is 1.31 bits per heavy atom. The zero-order valence-electron chi connectivity index (χ0n) is 14.1. The van der Waals surface area contributed by atoms with E-state index in [9.17, 15) is 0 Å². The van der Waals surface area contributed by atoms with Crippen LogP contribution in [0, 0.1) is 0 Å². The quantitative estimate of drug-likeness (QED) is 0.481. The normalized spacial score (nSPS) is 11.2. The van der Waals surface area contributed by atoms with Crippen LogP contribution in [0.2, 0.25) is 0 Å². The minimum Gasteiger partial charge on any atom is -1.00 e. The summed E-state index contributed by atoms with van der Waals surface area (Å²) in [5.74, 6) is 0. The zero-order valence-corrected chi connectivity index (χ0v) is 16.5. The Kier molecular flexibility index (Phi) is 6.21. The van der Waals surface area contributed by atoms with Crippen molar-refractivity contribution in [1.82, 2.24) is 4.57 Å². The molecule has 0 unspecified atom stereocenters. The van der Waals surface area contributed by atoms with E-state index in [1.165, 1.54) is 16.8 Å². The summed E-state index contributed by atoms with van der Waals surface area (Å²) in [7, 11) is 0. The maximum absolute atomic E-state index is 4.88.